The van der Waals surface area contributed by atoms with Crippen molar-refractivity contribution >= 4 is 11.8 Å². The minimum absolute atomic E-state index is 0.147. The van der Waals surface area contributed by atoms with E-state index < -0.39 is 30.7 Å². The number of carbonyl (C=O) groups excluding carboxylic acids is 2. The molecule has 0 rings (SSSR count). The maximum absolute atomic E-state index is 13.0. The maximum Gasteiger partial charge on any atom is 0.383 e. The molecule has 19 heavy (non-hydrogen) atoms. The zero-order valence-electron chi connectivity index (χ0n) is 10.8. The van der Waals surface area contributed by atoms with E-state index in [1.54, 1.807) is 0 Å². The van der Waals surface area contributed by atoms with E-state index in [9.17, 15) is 27.2 Å². The molecule has 0 saturated carbocycles. The lowest BCUT2D eigenvalue weighted by Gasteiger charge is -2.27. The summed E-state index contributed by atoms with van der Waals surface area (Å²) in [4.78, 5) is 24.1. The summed E-state index contributed by atoms with van der Waals surface area (Å²) in [5, 5.41) is 0. The molecule has 9 heteroatoms. The van der Waals surface area contributed by atoms with Crippen molar-refractivity contribution in [2.24, 2.45) is 0 Å². The minimum atomic E-state index is -4.82. The molecule has 0 unspecified atom stereocenters. The molecule has 112 valence electrons. The third-order valence-electron chi connectivity index (χ3n) is 2.24. The van der Waals surface area contributed by atoms with Gasteiger partial charge in [0.2, 0.25) is 5.91 Å². The molecule has 0 radical (unpaired) electrons. The summed E-state index contributed by atoms with van der Waals surface area (Å²) in [6.45, 7) is -1.24. The van der Waals surface area contributed by atoms with E-state index in [-0.39, 0.29) is 13.2 Å². The number of amides is 2. The molecule has 0 N–H and O–H groups in total. The van der Waals surface area contributed by atoms with Crippen LogP contribution in [-0.2, 0) is 14.3 Å². The van der Waals surface area contributed by atoms with Crippen molar-refractivity contribution in [3.05, 3.63) is 0 Å². The smallest absolute Gasteiger partial charge is 0.383 e. The van der Waals surface area contributed by atoms with E-state index in [1.807, 2.05) is 0 Å². The Balaban J connectivity index is 4.93. The Hall–Kier alpha value is -1.38. The lowest BCUT2D eigenvalue weighted by atomic mass is 10.3. The Kier molecular flexibility index (Phi) is 6.74. The van der Waals surface area contributed by atoms with Gasteiger partial charge < -0.3 is 14.5 Å². The number of nitrogens with zero attached hydrogens (tertiary/aromatic N) is 2. The summed E-state index contributed by atoms with van der Waals surface area (Å²) in [6, 6.07) is 0. The highest BCUT2D eigenvalue weighted by molar-refractivity contribution is 5.88. The summed E-state index contributed by atoms with van der Waals surface area (Å²) < 4.78 is 54.7. The van der Waals surface area contributed by atoms with Crippen LogP contribution in [0.2, 0.25) is 0 Å². The lowest BCUT2D eigenvalue weighted by Crippen LogP contribution is -2.51. The molecule has 2 amide bonds. The normalized spacial score (nSPS) is 11.6. The fourth-order valence-corrected chi connectivity index (χ4v) is 1.06. The third-order valence-corrected chi connectivity index (χ3v) is 2.24. The number of ether oxygens (including phenoxy) is 1. The quantitative estimate of drug-likeness (QED) is 0.639. The molecule has 0 aliphatic rings. The van der Waals surface area contributed by atoms with Gasteiger partial charge in [-0.3, -0.25) is 9.59 Å². The number of carbonyl (C=O) groups is 2. The topological polar surface area (TPSA) is 49.9 Å². The molecule has 0 heterocycles. The van der Waals surface area contributed by atoms with Crippen LogP contribution in [0.1, 0.15) is 0 Å². The largest absolute Gasteiger partial charge is 0.383 e. The zero-order chi connectivity index (χ0) is 15.2. The zero-order valence-corrected chi connectivity index (χ0v) is 10.8. The summed E-state index contributed by atoms with van der Waals surface area (Å²) in [6.07, 6.45) is -4.13. The van der Waals surface area contributed by atoms with Gasteiger partial charge in [-0.15, -0.1) is 0 Å². The molecule has 0 aromatic rings. The van der Waals surface area contributed by atoms with Crippen molar-refractivity contribution < 1.29 is 31.9 Å². The van der Waals surface area contributed by atoms with Crippen LogP contribution in [0.3, 0.4) is 0 Å². The lowest BCUT2D eigenvalue weighted by molar-refractivity contribution is -0.182. The second kappa shape index (κ2) is 7.27. The molecule has 0 aliphatic heterocycles. The van der Waals surface area contributed by atoms with E-state index in [1.165, 1.54) is 21.2 Å². The Bertz CT molecular complexity index is 324. The molecule has 0 aromatic carbocycles. The maximum atomic E-state index is 13.0. The van der Waals surface area contributed by atoms with Crippen LogP contribution < -0.4 is 0 Å². The molecular weight excluding hydrogens is 272 g/mol. The van der Waals surface area contributed by atoms with E-state index in [0.29, 0.717) is 4.90 Å². The fourth-order valence-electron chi connectivity index (χ4n) is 1.06. The van der Waals surface area contributed by atoms with E-state index in [4.69, 9.17) is 0 Å². The molecule has 0 atom stereocenters. The number of methoxy groups -OCH3 is 1. The predicted molar refractivity (Wildman–Crippen MR) is 58.1 cm³/mol. The van der Waals surface area contributed by atoms with Gasteiger partial charge in [0.25, 0.3) is 5.91 Å². The molecule has 0 saturated heterocycles. The minimum Gasteiger partial charge on any atom is -0.383 e. The van der Waals surface area contributed by atoms with Crippen LogP contribution in [0.25, 0.3) is 0 Å². The Labute approximate surface area is 108 Å². The number of rotatable bonds is 7. The number of alkyl halides is 4. The van der Waals surface area contributed by atoms with Crippen molar-refractivity contribution in [3.8, 4) is 0 Å². The summed E-state index contributed by atoms with van der Waals surface area (Å²) in [5.41, 5.74) is 0. The average Bonchev–Trinajstić information content (AvgIpc) is 2.32. The van der Waals surface area contributed by atoms with E-state index in [0.717, 1.165) is 4.90 Å². The molecule has 0 spiro atoms. The second-order valence-corrected chi connectivity index (χ2v) is 3.93. The van der Waals surface area contributed by atoms with Crippen LogP contribution in [0.4, 0.5) is 17.6 Å². The number of hydrogen-bond acceptors (Lipinski definition) is 3. The van der Waals surface area contributed by atoms with Gasteiger partial charge in [-0.1, -0.05) is 0 Å². The summed E-state index contributed by atoms with van der Waals surface area (Å²) in [5.74, 6) is -7.57. The van der Waals surface area contributed by atoms with Crippen LogP contribution in [-0.4, -0.2) is 74.9 Å². The van der Waals surface area contributed by atoms with Crippen LogP contribution in [0, 0.1) is 0 Å². The monoisotopic (exact) mass is 288 g/mol. The van der Waals surface area contributed by atoms with Crippen molar-refractivity contribution in [1.82, 2.24) is 9.80 Å². The first-order valence-electron chi connectivity index (χ1n) is 5.29. The first-order valence-corrected chi connectivity index (χ1v) is 5.29. The number of halogens is 4. The Morgan fingerprint density at radius 2 is 1.79 bits per heavy atom. The van der Waals surface area contributed by atoms with Gasteiger partial charge in [-0.2, -0.15) is 8.78 Å². The Morgan fingerprint density at radius 3 is 2.16 bits per heavy atom. The standard InChI is InChI=1S/C10H16F4N2O3/c1-15(2)7(17)6-16(4-5-19-3)9(18)10(13,14)8(11)12/h8H,4-6H2,1-3H3. The molecule has 0 fully saturated rings. The predicted octanol–water partition coefficient (Wildman–Crippen LogP) is 0.450. The molecular formula is C10H16F4N2O3. The first kappa shape index (κ1) is 17.6. The fraction of sp³-hybridized carbons (Fsp3) is 0.800. The highest BCUT2D eigenvalue weighted by Gasteiger charge is 2.51. The molecule has 0 aromatic heterocycles. The van der Waals surface area contributed by atoms with E-state index >= 15 is 0 Å². The van der Waals surface area contributed by atoms with Crippen molar-refractivity contribution in [2.75, 3.05) is 40.9 Å². The third kappa shape index (κ3) is 5.01. The second-order valence-electron chi connectivity index (χ2n) is 3.93. The summed E-state index contributed by atoms with van der Waals surface area (Å²) in [7, 11) is 3.96. The number of hydrogen-bond donors (Lipinski definition) is 0. The van der Waals surface area contributed by atoms with Gasteiger partial charge >= 0.3 is 12.3 Å². The number of likely N-dealkylation sites (N-methyl/N-ethyl adjacent to an activating group) is 1. The van der Waals surface area contributed by atoms with Gasteiger partial charge in [0, 0.05) is 27.7 Å². The molecule has 0 bridgehead atoms. The van der Waals surface area contributed by atoms with Gasteiger partial charge in [-0.25, -0.2) is 8.78 Å². The molecule has 5 nitrogen and oxygen atoms in total. The van der Waals surface area contributed by atoms with Gasteiger partial charge in [-0.05, 0) is 0 Å². The average molecular weight is 288 g/mol. The van der Waals surface area contributed by atoms with Gasteiger partial charge in [0.1, 0.15) is 0 Å². The SMILES string of the molecule is COCCN(CC(=O)N(C)C)C(=O)C(F)(F)C(F)F. The highest BCUT2D eigenvalue weighted by atomic mass is 19.3. The molecule has 0 aliphatic carbocycles. The van der Waals surface area contributed by atoms with Crippen molar-refractivity contribution in [2.45, 2.75) is 12.3 Å². The van der Waals surface area contributed by atoms with E-state index in [2.05, 4.69) is 4.74 Å². The summed E-state index contributed by atoms with van der Waals surface area (Å²) >= 11 is 0. The van der Waals surface area contributed by atoms with Crippen molar-refractivity contribution in [3.63, 3.8) is 0 Å². The highest BCUT2D eigenvalue weighted by Crippen LogP contribution is 2.25. The van der Waals surface area contributed by atoms with Crippen LogP contribution in [0.5, 0.6) is 0 Å². The Morgan fingerprint density at radius 1 is 1.26 bits per heavy atom. The van der Waals surface area contributed by atoms with Crippen molar-refractivity contribution in [1.29, 1.82) is 0 Å². The van der Waals surface area contributed by atoms with Gasteiger partial charge in [0.05, 0.1) is 13.2 Å². The van der Waals surface area contributed by atoms with Crippen LogP contribution >= 0.6 is 0 Å². The first-order chi connectivity index (χ1) is 8.64. The van der Waals surface area contributed by atoms with Gasteiger partial charge in [0.15, 0.2) is 0 Å². The van der Waals surface area contributed by atoms with Crippen LogP contribution in [0.15, 0.2) is 0 Å².